The number of nitrogens with zero attached hydrogens (tertiary/aromatic N) is 1. The Balaban J connectivity index is 1.54. The Hall–Kier alpha value is -2.25. The Labute approximate surface area is 174 Å². The van der Waals surface area contributed by atoms with Crippen LogP contribution in [-0.2, 0) is 14.3 Å². The summed E-state index contributed by atoms with van der Waals surface area (Å²) in [5.74, 6) is -0.237. The molecule has 0 saturated carbocycles. The molecule has 6 nitrogen and oxygen atoms in total. The Morgan fingerprint density at radius 1 is 1.31 bits per heavy atom. The predicted molar refractivity (Wildman–Crippen MR) is 112 cm³/mol. The second-order valence-electron chi connectivity index (χ2n) is 8.24. The number of hydrogen-bond acceptors (Lipinski definition) is 5. The number of ketones is 1. The molecule has 0 spiro atoms. The number of amides is 2. The zero-order valence-corrected chi connectivity index (χ0v) is 17.5. The summed E-state index contributed by atoms with van der Waals surface area (Å²) in [5, 5.41) is 3.96. The predicted octanol–water partition coefficient (Wildman–Crippen LogP) is 3.00. The molecular weight excluding hydrogens is 388 g/mol. The molecule has 1 aromatic carbocycles. The Morgan fingerprint density at radius 2 is 2.10 bits per heavy atom. The average molecular weight is 415 g/mol. The van der Waals surface area contributed by atoms with Crippen molar-refractivity contribution >= 4 is 39.0 Å². The van der Waals surface area contributed by atoms with Crippen LogP contribution in [0.25, 0.3) is 10.1 Å². The molecule has 0 bridgehead atoms. The summed E-state index contributed by atoms with van der Waals surface area (Å²) >= 11 is 1.42. The first-order valence-corrected chi connectivity index (χ1v) is 11.0. The van der Waals surface area contributed by atoms with Gasteiger partial charge < -0.3 is 15.0 Å². The van der Waals surface area contributed by atoms with Gasteiger partial charge in [-0.15, -0.1) is 11.3 Å². The monoisotopic (exact) mass is 414 g/mol. The van der Waals surface area contributed by atoms with Crippen LogP contribution in [0.3, 0.4) is 0 Å². The van der Waals surface area contributed by atoms with Crippen molar-refractivity contribution in [2.75, 3.05) is 13.2 Å². The Kier molecular flexibility index (Phi) is 5.69. The quantitative estimate of drug-likeness (QED) is 0.816. The van der Waals surface area contributed by atoms with Crippen LogP contribution >= 0.6 is 11.3 Å². The average Bonchev–Trinajstić information content (AvgIpc) is 3.30. The summed E-state index contributed by atoms with van der Waals surface area (Å²) in [6.45, 7) is 4.65. The van der Waals surface area contributed by atoms with Gasteiger partial charge in [-0.25, -0.2) is 0 Å². The third-order valence-electron chi connectivity index (χ3n) is 5.59. The molecule has 2 amide bonds. The first-order valence-electron chi connectivity index (χ1n) is 10.2. The van der Waals surface area contributed by atoms with Crippen LogP contribution < -0.4 is 5.32 Å². The minimum atomic E-state index is -0.653. The van der Waals surface area contributed by atoms with E-state index in [9.17, 15) is 14.4 Å². The van der Waals surface area contributed by atoms with Crippen LogP contribution in [0.15, 0.2) is 30.3 Å². The number of carbonyl (C=O) groups is 3. The molecular formula is C22H26N2O4S. The molecule has 3 atom stereocenters. The Morgan fingerprint density at radius 3 is 2.86 bits per heavy atom. The van der Waals surface area contributed by atoms with E-state index >= 15 is 0 Å². The van der Waals surface area contributed by atoms with E-state index in [0.717, 1.165) is 22.9 Å². The zero-order valence-electron chi connectivity index (χ0n) is 16.7. The summed E-state index contributed by atoms with van der Waals surface area (Å²) in [7, 11) is 0. The number of rotatable bonds is 5. The molecule has 7 heteroatoms. The summed E-state index contributed by atoms with van der Waals surface area (Å²) in [6, 6.07) is 8.53. The van der Waals surface area contributed by atoms with Crippen molar-refractivity contribution in [1.29, 1.82) is 0 Å². The highest BCUT2D eigenvalue weighted by Gasteiger charge is 2.45. The summed E-state index contributed by atoms with van der Waals surface area (Å²) in [6.07, 6.45) is 1.92. The molecule has 4 rings (SSSR count). The van der Waals surface area contributed by atoms with Gasteiger partial charge in [0, 0.05) is 11.2 Å². The van der Waals surface area contributed by atoms with E-state index in [1.54, 1.807) is 4.90 Å². The third-order valence-corrected chi connectivity index (χ3v) is 6.70. The maximum Gasteiger partial charge on any atom is 0.262 e. The molecule has 0 aliphatic carbocycles. The number of carbonyl (C=O) groups excluding carboxylic acids is 3. The molecule has 1 aromatic heterocycles. The normalized spacial score (nSPS) is 22.7. The molecule has 3 heterocycles. The van der Waals surface area contributed by atoms with Crippen molar-refractivity contribution in [2.45, 2.75) is 51.3 Å². The lowest BCUT2D eigenvalue weighted by Crippen LogP contribution is -2.58. The van der Waals surface area contributed by atoms with Gasteiger partial charge in [-0.3, -0.25) is 14.4 Å². The van der Waals surface area contributed by atoms with Gasteiger partial charge in [-0.05, 0) is 42.7 Å². The van der Waals surface area contributed by atoms with Crippen molar-refractivity contribution in [2.24, 2.45) is 5.92 Å². The highest BCUT2D eigenvalue weighted by molar-refractivity contribution is 7.20. The smallest absolute Gasteiger partial charge is 0.262 e. The highest BCUT2D eigenvalue weighted by Crippen LogP contribution is 2.28. The first kappa shape index (κ1) is 20.0. The topological polar surface area (TPSA) is 75.7 Å². The van der Waals surface area contributed by atoms with Crippen molar-refractivity contribution in [3.63, 3.8) is 0 Å². The summed E-state index contributed by atoms with van der Waals surface area (Å²) < 4.78 is 6.60. The molecule has 29 heavy (non-hydrogen) atoms. The van der Waals surface area contributed by atoms with Crippen molar-refractivity contribution in [3.05, 3.63) is 35.2 Å². The lowest BCUT2D eigenvalue weighted by molar-refractivity contribution is -0.142. The fourth-order valence-corrected chi connectivity index (χ4v) is 5.22. The minimum Gasteiger partial charge on any atom is -0.368 e. The van der Waals surface area contributed by atoms with Crippen molar-refractivity contribution in [1.82, 2.24) is 10.2 Å². The molecule has 0 radical (unpaired) electrons. The molecule has 2 aliphatic rings. The maximum absolute atomic E-state index is 13.4. The van der Waals surface area contributed by atoms with E-state index in [1.165, 1.54) is 11.3 Å². The van der Waals surface area contributed by atoms with Crippen molar-refractivity contribution < 1.29 is 19.1 Å². The van der Waals surface area contributed by atoms with Crippen LogP contribution in [0.1, 0.15) is 42.8 Å². The van der Waals surface area contributed by atoms with Gasteiger partial charge in [0.2, 0.25) is 5.91 Å². The van der Waals surface area contributed by atoms with Gasteiger partial charge in [0.05, 0.1) is 11.0 Å². The maximum atomic E-state index is 13.4. The second-order valence-corrected chi connectivity index (χ2v) is 9.32. The number of nitrogens with one attached hydrogen (secondary N) is 1. The van der Waals surface area contributed by atoms with Crippen molar-refractivity contribution in [3.8, 4) is 0 Å². The standard InChI is InChI=1S/C22H26N2O4S/c1-13(2)10-15(22(27)24-9-5-7-17-20(24)16(25)12-28-17)23-21(26)19-11-14-6-3-4-8-18(14)29-19/h3-4,6,8,11,13,15,17,20H,5,7,9-10,12H2,1-2H3,(H,23,26)/t15-,17?,20+/m0/s1. The minimum absolute atomic E-state index is 0.0396. The van der Waals surface area contributed by atoms with E-state index in [1.807, 2.05) is 44.2 Å². The number of likely N-dealkylation sites (tertiary alicyclic amines) is 1. The molecule has 2 saturated heterocycles. The van der Waals surface area contributed by atoms with Crippen LogP contribution in [-0.4, -0.2) is 53.8 Å². The van der Waals surface area contributed by atoms with E-state index in [-0.39, 0.29) is 36.2 Å². The van der Waals surface area contributed by atoms with E-state index < -0.39 is 12.1 Å². The van der Waals surface area contributed by atoms with E-state index in [4.69, 9.17) is 4.74 Å². The number of thiophene rings is 1. The van der Waals surface area contributed by atoms with E-state index in [0.29, 0.717) is 17.8 Å². The fraction of sp³-hybridized carbons (Fsp3) is 0.500. The third kappa shape index (κ3) is 4.07. The molecule has 2 aromatic rings. The molecule has 1 N–H and O–H groups in total. The molecule has 2 fully saturated rings. The van der Waals surface area contributed by atoms with Gasteiger partial charge in [-0.1, -0.05) is 32.0 Å². The van der Waals surface area contributed by atoms with Crippen LogP contribution in [0, 0.1) is 5.92 Å². The second kappa shape index (κ2) is 8.24. The van der Waals surface area contributed by atoms with Gasteiger partial charge in [0.25, 0.3) is 5.91 Å². The van der Waals surface area contributed by atoms with E-state index in [2.05, 4.69) is 5.32 Å². The fourth-order valence-electron chi connectivity index (χ4n) is 4.25. The lowest BCUT2D eigenvalue weighted by Gasteiger charge is -2.37. The summed E-state index contributed by atoms with van der Waals surface area (Å²) in [5.41, 5.74) is 0. The Bertz CT molecular complexity index is 905. The number of Topliss-reactive ketones (excluding diaryl/α,β-unsaturated/α-hetero) is 1. The molecule has 1 unspecified atom stereocenters. The first-order chi connectivity index (χ1) is 13.9. The number of piperidine rings is 1. The number of hydrogen-bond donors (Lipinski definition) is 1. The number of benzene rings is 1. The van der Waals surface area contributed by atoms with Crippen LogP contribution in [0.5, 0.6) is 0 Å². The number of fused-ring (bicyclic) bond motifs is 2. The van der Waals surface area contributed by atoms with Gasteiger partial charge in [0.1, 0.15) is 18.7 Å². The SMILES string of the molecule is CC(C)C[C@H](NC(=O)c1cc2ccccc2s1)C(=O)N1CCCC2OCC(=O)[C@H]21. The summed E-state index contributed by atoms with van der Waals surface area (Å²) in [4.78, 5) is 40.8. The lowest BCUT2D eigenvalue weighted by atomic mass is 9.95. The van der Waals surface area contributed by atoms with Gasteiger partial charge >= 0.3 is 0 Å². The van der Waals surface area contributed by atoms with Gasteiger partial charge in [0.15, 0.2) is 5.78 Å². The largest absolute Gasteiger partial charge is 0.368 e. The van der Waals surface area contributed by atoms with Crippen LogP contribution in [0.4, 0.5) is 0 Å². The van der Waals surface area contributed by atoms with Crippen LogP contribution in [0.2, 0.25) is 0 Å². The molecule has 2 aliphatic heterocycles. The highest BCUT2D eigenvalue weighted by atomic mass is 32.1. The number of ether oxygens (including phenoxy) is 1. The molecule has 154 valence electrons. The van der Waals surface area contributed by atoms with Gasteiger partial charge in [-0.2, -0.15) is 0 Å². The zero-order chi connectivity index (χ0) is 20.5.